The van der Waals surface area contributed by atoms with E-state index in [1.54, 1.807) is 0 Å². The molecular formula is C18H26N2. The van der Waals surface area contributed by atoms with Gasteiger partial charge in [-0.1, -0.05) is 49.4 Å². The summed E-state index contributed by atoms with van der Waals surface area (Å²) in [7, 11) is 0. The molecule has 0 aromatic heterocycles. The van der Waals surface area contributed by atoms with Crippen LogP contribution in [0.4, 0.5) is 0 Å². The maximum absolute atomic E-state index is 3.54. The van der Waals surface area contributed by atoms with Gasteiger partial charge in [-0.25, -0.2) is 0 Å². The standard InChI is InChI=1S/C18H26N2/c1-2-12-19-13-6-14-20-15-11-17-9-5-8-16-7-3-4-10-18(16)17/h3-5,7-10,19-20H,2,6,11-15H2,1H3. The highest BCUT2D eigenvalue weighted by Crippen LogP contribution is 2.18. The number of rotatable bonds is 9. The van der Waals surface area contributed by atoms with Gasteiger partial charge in [0.05, 0.1) is 0 Å². The average molecular weight is 270 g/mol. The number of nitrogens with one attached hydrogen (secondary N) is 2. The molecule has 0 bridgehead atoms. The molecule has 0 spiro atoms. The second kappa shape index (κ2) is 8.72. The van der Waals surface area contributed by atoms with Crippen LogP contribution >= 0.6 is 0 Å². The van der Waals surface area contributed by atoms with Crippen LogP contribution in [0.1, 0.15) is 25.3 Å². The highest BCUT2D eigenvalue weighted by molar-refractivity contribution is 5.85. The van der Waals surface area contributed by atoms with Gasteiger partial charge in [0.25, 0.3) is 0 Å². The predicted molar refractivity (Wildman–Crippen MR) is 88.3 cm³/mol. The highest BCUT2D eigenvalue weighted by Gasteiger charge is 1.99. The molecule has 2 N–H and O–H groups in total. The molecule has 0 aliphatic heterocycles. The molecule has 2 nitrogen and oxygen atoms in total. The van der Waals surface area contributed by atoms with Gasteiger partial charge in [-0.3, -0.25) is 0 Å². The molecule has 108 valence electrons. The lowest BCUT2D eigenvalue weighted by Crippen LogP contribution is -2.23. The van der Waals surface area contributed by atoms with Gasteiger partial charge in [-0.15, -0.1) is 0 Å². The number of benzene rings is 2. The van der Waals surface area contributed by atoms with E-state index in [0.717, 1.165) is 32.6 Å². The van der Waals surface area contributed by atoms with E-state index in [2.05, 4.69) is 60.0 Å². The number of hydrogen-bond donors (Lipinski definition) is 2. The third-order valence-electron chi connectivity index (χ3n) is 3.58. The summed E-state index contributed by atoms with van der Waals surface area (Å²) in [6, 6.07) is 15.2. The third kappa shape index (κ3) is 4.62. The Morgan fingerprint density at radius 3 is 2.40 bits per heavy atom. The van der Waals surface area contributed by atoms with Crippen LogP contribution in [0, 0.1) is 0 Å². The Bertz CT molecular complexity index is 502. The zero-order valence-corrected chi connectivity index (χ0v) is 12.5. The summed E-state index contributed by atoms with van der Waals surface area (Å²) >= 11 is 0. The fraction of sp³-hybridized carbons (Fsp3) is 0.444. The second-order valence-corrected chi connectivity index (χ2v) is 5.24. The zero-order chi connectivity index (χ0) is 14.0. The molecule has 0 fully saturated rings. The van der Waals surface area contributed by atoms with Crippen molar-refractivity contribution in [2.45, 2.75) is 26.2 Å². The maximum Gasteiger partial charge on any atom is -0.000812 e. The Labute approximate surface area is 122 Å². The molecule has 0 saturated heterocycles. The van der Waals surface area contributed by atoms with Crippen LogP contribution < -0.4 is 10.6 Å². The van der Waals surface area contributed by atoms with Crippen molar-refractivity contribution in [2.24, 2.45) is 0 Å². The lowest BCUT2D eigenvalue weighted by Gasteiger charge is -2.08. The molecule has 0 radical (unpaired) electrons. The third-order valence-corrected chi connectivity index (χ3v) is 3.58. The van der Waals surface area contributed by atoms with Crippen molar-refractivity contribution in [3.05, 3.63) is 48.0 Å². The van der Waals surface area contributed by atoms with Crippen molar-refractivity contribution in [1.82, 2.24) is 10.6 Å². The average Bonchev–Trinajstić information content (AvgIpc) is 2.50. The summed E-state index contributed by atoms with van der Waals surface area (Å²) in [6.45, 7) is 6.61. The van der Waals surface area contributed by atoms with E-state index < -0.39 is 0 Å². The first-order valence-electron chi connectivity index (χ1n) is 7.80. The number of fused-ring (bicyclic) bond motifs is 1. The van der Waals surface area contributed by atoms with Crippen molar-refractivity contribution in [1.29, 1.82) is 0 Å². The fourth-order valence-electron chi connectivity index (χ4n) is 2.50. The van der Waals surface area contributed by atoms with Crippen molar-refractivity contribution in [3.8, 4) is 0 Å². The monoisotopic (exact) mass is 270 g/mol. The first kappa shape index (κ1) is 15.0. The van der Waals surface area contributed by atoms with Gasteiger partial charge in [0, 0.05) is 0 Å². The van der Waals surface area contributed by atoms with Gasteiger partial charge in [0.15, 0.2) is 0 Å². The minimum Gasteiger partial charge on any atom is -0.317 e. The Morgan fingerprint density at radius 1 is 0.800 bits per heavy atom. The molecule has 0 saturated carbocycles. The van der Waals surface area contributed by atoms with Crippen LogP contribution in [0.25, 0.3) is 10.8 Å². The molecule has 2 rings (SSSR count). The summed E-state index contributed by atoms with van der Waals surface area (Å²) in [6.07, 6.45) is 3.52. The van der Waals surface area contributed by atoms with E-state index in [1.807, 2.05) is 0 Å². The molecule has 0 aliphatic carbocycles. The summed E-state index contributed by atoms with van der Waals surface area (Å²) in [5.41, 5.74) is 1.44. The molecule has 2 aromatic rings. The molecule has 2 aromatic carbocycles. The Morgan fingerprint density at radius 2 is 1.55 bits per heavy atom. The maximum atomic E-state index is 3.54. The van der Waals surface area contributed by atoms with Crippen LogP contribution in [0.15, 0.2) is 42.5 Å². The summed E-state index contributed by atoms with van der Waals surface area (Å²) in [5, 5.41) is 9.69. The van der Waals surface area contributed by atoms with Gasteiger partial charge < -0.3 is 10.6 Å². The van der Waals surface area contributed by atoms with Gasteiger partial charge >= 0.3 is 0 Å². The largest absolute Gasteiger partial charge is 0.317 e. The van der Waals surface area contributed by atoms with Crippen molar-refractivity contribution >= 4 is 10.8 Å². The van der Waals surface area contributed by atoms with Crippen LogP contribution in [-0.4, -0.2) is 26.2 Å². The minimum atomic E-state index is 1.06. The van der Waals surface area contributed by atoms with Gasteiger partial charge in [0.2, 0.25) is 0 Å². The lowest BCUT2D eigenvalue weighted by atomic mass is 10.0. The Hall–Kier alpha value is -1.38. The Balaban J connectivity index is 1.71. The first-order valence-corrected chi connectivity index (χ1v) is 7.80. The van der Waals surface area contributed by atoms with Gasteiger partial charge in [0.1, 0.15) is 0 Å². The van der Waals surface area contributed by atoms with E-state index in [0.29, 0.717) is 0 Å². The van der Waals surface area contributed by atoms with Crippen LogP contribution in [0.5, 0.6) is 0 Å². The zero-order valence-electron chi connectivity index (χ0n) is 12.5. The van der Waals surface area contributed by atoms with E-state index in [4.69, 9.17) is 0 Å². The second-order valence-electron chi connectivity index (χ2n) is 5.24. The highest BCUT2D eigenvalue weighted by atomic mass is 14.9. The van der Waals surface area contributed by atoms with E-state index in [-0.39, 0.29) is 0 Å². The SMILES string of the molecule is CCCNCCCNCCc1cccc2ccccc12. The van der Waals surface area contributed by atoms with Crippen LogP contribution in [0.2, 0.25) is 0 Å². The summed E-state index contributed by atoms with van der Waals surface area (Å²) < 4.78 is 0. The molecule has 2 heteroatoms. The Kier molecular flexibility index (Phi) is 6.55. The van der Waals surface area contributed by atoms with E-state index in [9.17, 15) is 0 Å². The molecule has 0 unspecified atom stereocenters. The molecule has 0 amide bonds. The lowest BCUT2D eigenvalue weighted by molar-refractivity contribution is 0.593. The van der Waals surface area contributed by atoms with Gasteiger partial charge in [-0.2, -0.15) is 0 Å². The van der Waals surface area contributed by atoms with Gasteiger partial charge in [-0.05, 0) is 61.8 Å². The topological polar surface area (TPSA) is 24.1 Å². The fourth-order valence-corrected chi connectivity index (χ4v) is 2.50. The van der Waals surface area contributed by atoms with Crippen molar-refractivity contribution in [3.63, 3.8) is 0 Å². The molecule has 20 heavy (non-hydrogen) atoms. The summed E-state index contributed by atoms with van der Waals surface area (Å²) in [5.74, 6) is 0. The molecule has 0 heterocycles. The first-order chi connectivity index (χ1) is 9.92. The van der Waals surface area contributed by atoms with Crippen molar-refractivity contribution < 1.29 is 0 Å². The predicted octanol–water partition coefficient (Wildman–Crippen LogP) is 3.36. The normalized spacial score (nSPS) is 11.1. The van der Waals surface area contributed by atoms with Crippen molar-refractivity contribution in [2.75, 3.05) is 26.2 Å². The smallest absolute Gasteiger partial charge is 0.000812 e. The van der Waals surface area contributed by atoms with E-state index >= 15 is 0 Å². The molecule has 0 atom stereocenters. The number of hydrogen-bond acceptors (Lipinski definition) is 2. The van der Waals surface area contributed by atoms with E-state index in [1.165, 1.54) is 29.2 Å². The van der Waals surface area contributed by atoms with Crippen LogP contribution in [-0.2, 0) is 6.42 Å². The minimum absolute atomic E-state index is 1.06. The summed E-state index contributed by atoms with van der Waals surface area (Å²) in [4.78, 5) is 0. The quantitative estimate of drug-likeness (QED) is 0.683. The molecular weight excluding hydrogens is 244 g/mol. The van der Waals surface area contributed by atoms with Crippen LogP contribution in [0.3, 0.4) is 0 Å². The molecule has 0 aliphatic rings.